The van der Waals surface area contributed by atoms with E-state index >= 15 is 0 Å². The first-order valence-electron chi connectivity index (χ1n) is 5.15. The maximum Gasteiger partial charge on any atom is 0.180 e. The van der Waals surface area contributed by atoms with Gasteiger partial charge < -0.3 is 10.5 Å². The van der Waals surface area contributed by atoms with E-state index in [1.807, 2.05) is 37.4 Å². The predicted octanol–water partition coefficient (Wildman–Crippen LogP) is 3.10. The van der Waals surface area contributed by atoms with E-state index < -0.39 is 0 Å². The summed E-state index contributed by atoms with van der Waals surface area (Å²) in [6.45, 7) is 4.71. The fraction of sp³-hybridized carbons (Fsp3) is 0.250. The highest BCUT2D eigenvalue weighted by Crippen LogP contribution is 2.28. The number of nitrogen functional groups attached to an aromatic ring is 1. The second-order valence-corrected chi connectivity index (χ2v) is 4.37. The lowest BCUT2D eigenvalue weighted by molar-refractivity contribution is 0.340. The van der Waals surface area contributed by atoms with E-state index in [2.05, 4.69) is 4.98 Å². The molecule has 2 N–H and O–H groups in total. The van der Waals surface area contributed by atoms with Crippen LogP contribution in [0.1, 0.15) is 12.5 Å². The molecule has 0 fully saturated rings. The zero-order valence-electron chi connectivity index (χ0n) is 9.36. The standard InChI is InChI=1S/C12H14N2OS/c1-3-15-9-4-5-10(8(2)6-9)11-7-16-12(13)14-11/h4-7H,3H2,1-2H3,(H2,13,14). The molecular formula is C12H14N2OS. The number of rotatable bonds is 3. The average Bonchev–Trinajstić information content (AvgIpc) is 2.65. The monoisotopic (exact) mass is 234 g/mol. The maximum absolute atomic E-state index is 5.63. The molecule has 0 aliphatic rings. The summed E-state index contributed by atoms with van der Waals surface area (Å²) < 4.78 is 5.44. The Hall–Kier alpha value is -1.55. The highest BCUT2D eigenvalue weighted by atomic mass is 32.1. The molecule has 0 spiro atoms. The molecule has 0 bridgehead atoms. The molecule has 0 saturated carbocycles. The average molecular weight is 234 g/mol. The van der Waals surface area contributed by atoms with Gasteiger partial charge in [0.25, 0.3) is 0 Å². The summed E-state index contributed by atoms with van der Waals surface area (Å²) in [6, 6.07) is 6.00. The van der Waals surface area contributed by atoms with Gasteiger partial charge in [-0.25, -0.2) is 4.98 Å². The second-order valence-electron chi connectivity index (χ2n) is 3.48. The lowest BCUT2D eigenvalue weighted by Gasteiger charge is -2.07. The van der Waals surface area contributed by atoms with Gasteiger partial charge in [-0.05, 0) is 37.6 Å². The molecule has 1 aromatic heterocycles. The first-order chi connectivity index (χ1) is 7.70. The number of benzene rings is 1. The van der Waals surface area contributed by atoms with Gasteiger partial charge in [-0.15, -0.1) is 11.3 Å². The van der Waals surface area contributed by atoms with Gasteiger partial charge in [0, 0.05) is 10.9 Å². The number of ether oxygens (including phenoxy) is 1. The minimum absolute atomic E-state index is 0.600. The van der Waals surface area contributed by atoms with Crippen LogP contribution in [0, 0.1) is 6.92 Å². The number of hydrogen-bond acceptors (Lipinski definition) is 4. The molecule has 0 unspecified atom stereocenters. The number of nitrogens with two attached hydrogens (primary N) is 1. The summed E-state index contributed by atoms with van der Waals surface area (Å²) >= 11 is 1.46. The Bertz CT molecular complexity index is 494. The number of thiazole rings is 1. The van der Waals surface area contributed by atoms with Crippen LogP contribution in [-0.4, -0.2) is 11.6 Å². The van der Waals surface area contributed by atoms with Crippen molar-refractivity contribution in [1.29, 1.82) is 0 Å². The van der Waals surface area contributed by atoms with Crippen molar-refractivity contribution in [2.24, 2.45) is 0 Å². The van der Waals surface area contributed by atoms with Crippen molar-refractivity contribution >= 4 is 16.5 Å². The molecule has 0 amide bonds. The van der Waals surface area contributed by atoms with Gasteiger partial charge in [0.15, 0.2) is 5.13 Å². The Labute approximate surface area is 98.9 Å². The van der Waals surface area contributed by atoms with Crippen LogP contribution < -0.4 is 10.5 Å². The summed E-state index contributed by atoms with van der Waals surface area (Å²) in [5, 5.41) is 2.57. The topological polar surface area (TPSA) is 48.1 Å². The number of aromatic nitrogens is 1. The number of nitrogens with zero attached hydrogens (tertiary/aromatic N) is 1. The molecular weight excluding hydrogens is 220 g/mol. The fourth-order valence-electron chi connectivity index (χ4n) is 1.59. The molecule has 0 saturated heterocycles. The lowest BCUT2D eigenvalue weighted by Crippen LogP contribution is -1.93. The molecule has 0 atom stereocenters. The molecule has 84 valence electrons. The van der Waals surface area contributed by atoms with Crippen molar-refractivity contribution in [2.45, 2.75) is 13.8 Å². The Morgan fingerprint density at radius 2 is 2.25 bits per heavy atom. The normalized spacial score (nSPS) is 10.4. The molecule has 3 nitrogen and oxygen atoms in total. The first-order valence-corrected chi connectivity index (χ1v) is 6.03. The Kier molecular flexibility index (Phi) is 3.10. The zero-order chi connectivity index (χ0) is 11.5. The highest BCUT2D eigenvalue weighted by molar-refractivity contribution is 7.13. The Balaban J connectivity index is 2.36. The van der Waals surface area contributed by atoms with E-state index in [9.17, 15) is 0 Å². The van der Waals surface area contributed by atoms with Gasteiger partial charge in [0.2, 0.25) is 0 Å². The third-order valence-corrected chi connectivity index (χ3v) is 2.98. The third-order valence-electron chi connectivity index (χ3n) is 2.31. The summed E-state index contributed by atoms with van der Waals surface area (Å²) in [6.07, 6.45) is 0. The van der Waals surface area contributed by atoms with Gasteiger partial charge in [-0.1, -0.05) is 0 Å². The van der Waals surface area contributed by atoms with Crippen molar-refractivity contribution in [2.75, 3.05) is 12.3 Å². The molecule has 2 aromatic rings. The van der Waals surface area contributed by atoms with Crippen LogP contribution in [-0.2, 0) is 0 Å². The van der Waals surface area contributed by atoms with Crippen molar-refractivity contribution < 1.29 is 4.74 Å². The SMILES string of the molecule is CCOc1ccc(-c2csc(N)n2)c(C)c1. The van der Waals surface area contributed by atoms with Crippen LogP contribution in [0.2, 0.25) is 0 Å². The molecule has 1 heterocycles. The van der Waals surface area contributed by atoms with Crippen molar-refractivity contribution in [3.63, 3.8) is 0 Å². The van der Waals surface area contributed by atoms with Crippen molar-refractivity contribution in [1.82, 2.24) is 4.98 Å². The van der Waals surface area contributed by atoms with Gasteiger partial charge in [-0.3, -0.25) is 0 Å². The molecule has 4 heteroatoms. The summed E-state index contributed by atoms with van der Waals surface area (Å²) in [4.78, 5) is 4.27. The third kappa shape index (κ3) is 2.17. The van der Waals surface area contributed by atoms with Gasteiger partial charge in [-0.2, -0.15) is 0 Å². The lowest BCUT2D eigenvalue weighted by atomic mass is 10.1. The summed E-state index contributed by atoms with van der Waals surface area (Å²) in [5.74, 6) is 0.895. The van der Waals surface area contributed by atoms with E-state index in [4.69, 9.17) is 10.5 Å². The van der Waals surface area contributed by atoms with Gasteiger partial charge in [0.1, 0.15) is 5.75 Å². The van der Waals surface area contributed by atoms with E-state index in [0.29, 0.717) is 11.7 Å². The van der Waals surface area contributed by atoms with Crippen LogP contribution >= 0.6 is 11.3 Å². The quantitative estimate of drug-likeness (QED) is 0.887. The maximum atomic E-state index is 5.63. The molecule has 16 heavy (non-hydrogen) atoms. The molecule has 2 rings (SSSR count). The van der Waals surface area contributed by atoms with E-state index in [1.54, 1.807) is 0 Å². The largest absolute Gasteiger partial charge is 0.494 e. The van der Waals surface area contributed by atoms with Gasteiger partial charge in [0.05, 0.1) is 12.3 Å². The second kappa shape index (κ2) is 4.53. The van der Waals surface area contributed by atoms with E-state index in [1.165, 1.54) is 11.3 Å². The fourth-order valence-corrected chi connectivity index (χ4v) is 2.15. The molecule has 0 aliphatic carbocycles. The minimum Gasteiger partial charge on any atom is -0.494 e. The predicted molar refractivity (Wildman–Crippen MR) is 67.9 cm³/mol. The number of aryl methyl sites for hydroxylation is 1. The van der Waals surface area contributed by atoms with Crippen LogP contribution in [0.3, 0.4) is 0 Å². The van der Waals surface area contributed by atoms with Crippen molar-refractivity contribution in [3.05, 3.63) is 29.1 Å². The van der Waals surface area contributed by atoms with Crippen LogP contribution in [0.5, 0.6) is 5.75 Å². The van der Waals surface area contributed by atoms with Crippen LogP contribution in [0.15, 0.2) is 23.6 Å². The van der Waals surface area contributed by atoms with Crippen molar-refractivity contribution in [3.8, 4) is 17.0 Å². The Morgan fingerprint density at radius 1 is 1.44 bits per heavy atom. The van der Waals surface area contributed by atoms with Gasteiger partial charge >= 0.3 is 0 Å². The molecule has 0 aliphatic heterocycles. The van der Waals surface area contributed by atoms with Crippen LogP contribution in [0.4, 0.5) is 5.13 Å². The highest BCUT2D eigenvalue weighted by Gasteiger charge is 2.06. The summed E-state index contributed by atoms with van der Waals surface area (Å²) in [7, 11) is 0. The number of hydrogen-bond donors (Lipinski definition) is 1. The first kappa shape index (κ1) is 11.0. The Morgan fingerprint density at radius 3 is 2.81 bits per heavy atom. The van der Waals surface area contributed by atoms with E-state index in [0.717, 1.165) is 22.6 Å². The van der Waals surface area contributed by atoms with E-state index in [-0.39, 0.29) is 0 Å². The minimum atomic E-state index is 0.600. The zero-order valence-corrected chi connectivity index (χ0v) is 10.2. The van der Waals surface area contributed by atoms with Crippen LogP contribution in [0.25, 0.3) is 11.3 Å². The summed E-state index contributed by atoms with van der Waals surface area (Å²) in [5.41, 5.74) is 8.82. The molecule has 1 aromatic carbocycles. The number of anilines is 1. The molecule has 0 radical (unpaired) electrons. The smallest absolute Gasteiger partial charge is 0.180 e.